The number of hydrogen-bond donors (Lipinski definition) is 3. The van der Waals surface area contributed by atoms with Gasteiger partial charge < -0.3 is 25.6 Å². The Morgan fingerprint density at radius 2 is 1.73 bits per heavy atom. The molecule has 1 aliphatic rings. The molecular weight excluding hydrogens is 587 g/mol. The average Bonchev–Trinajstić information content (AvgIpc) is 3.04. The smallest absolute Gasteiger partial charge is 0.481 e. The molecule has 15 heteroatoms. The minimum atomic E-state index is -5.08. The lowest BCUT2D eigenvalue weighted by molar-refractivity contribution is -0.192. The first-order valence-electron chi connectivity index (χ1n) is 13.2. The highest BCUT2D eigenvalue weighted by atomic mass is 19.4. The van der Waals surface area contributed by atoms with Crippen LogP contribution in [0.4, 0.5) is 30.5 Å². The van der Waals surface area contributed by atoms with Gasteiger partial charge in [-0.15, -0.1) is 0 Å². The van der Waals surface area contributed by atoms with Crippen LogP contribution in [0, 0.1) is 6.92 Å². The molecular formula is C29H30F3N5O7. The van der Waals surface area contributed by atoms with Gasteiger partial charge in [0, 0.05) is 23.5 Å². The normalized spacial score (nSPS) is 13.8. The predicted molar refractivity (Wildman–Crippen MR) is 151 cm³/mol. The van der Waals surface area contributed by atoms with Crippen molar-refractivity contribution >= 4 is 41.1 Å². The van der Waals surface area contributed by atoms with Gasteiger partial charge in [0.05, 0.1) is 24.3 Å². The molecule has 12 nitrogen and oxygen atoms in total. The number of hydrogen-bond acceptors (Lipinski definition) is 8. The zero-order valence-corrected chi connectivity index (χ0v) is 23.7. The summed E-state index contributed by atoms with van der Waals surface area (Å²) in [7, 11) is 0. The summed E-state index contributed by atoms with van der Waals surface area (Å²) in [5.74, 6) is -3.92. The summed E-state index contributed by atoms with van der Waals surface area (Å²) in [6, 6.07) is 15.6. The lowest BCUT2D eigenvalue weighted by atomic mass is 10.0. The van der Waals surface area contributed by atoms with Crippen molar-refractivity contribution in [3.8, 4) is 5.88 Å². The molecule has 234 valence electrons. The summed E-state index contributed by atoms with van der Waals surface area (Å²) < 4.78 is 37.4. The molecule has 1 atom stereocenters. The molecule has 0 saturated heterocycles. The molecule has 44 heavy (non-hydrogen) atoms. The van der Waals surface area contributed by atoms with Gasteiger partial charge in [0.1, 0.15) is 6.54 Å². The fourth-order valence-corrected chi connectivity index (χ4v) is 4.35. The van der Waals surface area contributed by atoms with Gasteiger partial charge in [-0.25, -0.2) is 9.78 Å². The van der Waals surface area contributed by atoms with Gasteiger partial charge in [-0.3, -0.25) is 19.3 Å². The van der Waals surface area contributed by atoms with E-state index in [9.17, 15) is 32.7 Å². The number of aliphatic carboxylic acids is 2. The van der Waals surface area contributed by atoms with Gasteiger partial charge in [-0.05, 0) is 56.5 Å². The van der Waals surface area contributed by atoms with Gasteiger partial charge in [-0.2, -0.15) is 18.2 Å². The number of carbonyl (C=O) groups is 4. The number of aromatic nitrogens is 2. The van der Waals surface area contributed by atoms with Gasteiger partial charge in [0.15, 0.2) is 0 Å². The highest BCUT2D eigenvalue weighted by Crippen LogP contribution is 2.34. The molecule has 0 fully saturated rings. The third-order valence-corrected chi connectivity index (χ3v) is 6.31. The summed E-state index contributed by atoms with van der Waals surface area (Å²) in [5.41, 5.74) is 8.73. The monoisotopic (exact) mass is 617 g/mol. The van der Waals surface area contributed by atoms with Crippen molar-refractivity contribution in [2.24, 2.45) is 0 Å². The van der Waals surface area contributed by atoms with Gasteiger partial charge >= 0.3 is 18.1 Å². The summed E-state index contributed by atoms with van der Waals surface area (Å²) in [6.45, 7) is 3.61. The maximum Gasteiger partial charge on any atom is 0.490 e. The van der Waals surface area contributed by atoms with Crippen LogP contribution in [-0.2, 0) is 20.8 Å². The van der Waals surface area contributed by atoms with Crippen molar-refractivity contribution < 1.29 is 47.3 Å². The number of anilines is 3. The number of rotatable bonds is 9. The van der Waals surface area contributed by atoms with E-state index in [1.165, 1.54) is 9.80 Å². The van der Waals surface area contributed by atoms with Gasteiger partial charge in [0.2, 0.25) is 11.8 Å². The number of para-hydroxylation sites is 1. The lowest BCUT2D eigenvalue weighted by Crippen LogP contribution is -2.43. The first-order chi connectivity index (χ1) is 20.7. The molecule has 2 amide bonds. The summed E-state index contributed by atoms with van der Waals surface area (Å²) >= 11 is 0. The Balaban J connectivity index is 0.000000676. The van der Waals surface area contributed by atoms with Crippen LogP contribution >= 0.6 is 0 Å². The van der Waals surface area contributed by atoms with E-state index >= 15 is 0 Å². The Labute approximate surface area is 249 Å². The second-order valence-corrected chi connectivity index (χ2v) is 9.76. The van der Waals surface area contributed by atoms with E-state index in [1.54, 1.807) is 37.3 Å². The van der Waals surface area contributed by atoms with Crippen LogP contribution < -0.4 is 15.4 Å². The van der Waals surface area contributed by atoms with E-state index in [4.69, 9.17) is 20.4 Å². The predicted octanol–water partition coefficient (Wildman–Crippen LogP) is 4.00. The Bertz CT molecular complexity index is 1500. The SMILES string of the molecule is Cc1cc(OCCCc2ccc3c(c2)C(=O)N(C(C)CC(=O)O)CC(=O)N3c2ccccc2)nc(N)n1.O=C(O)C(F)(F)F. The van der Waals surface area contributed by atoms with Crippen molar-refractivity contribution in [3.05, 3.63) is 71.4 Å². The average molecular weight is 618 g/mol. The van der Waals surface area contributed by atoms with Crippen LogP contribution in [0.5, 0.6) is 5.88 Å². The molecule has 1 aromatic heterocycles. The highest BCUT2D eigenvalue weighted by molar-refractivity contribution is 6.13. The number of ether oxygens (including phenoxy) is 1. The first-order valence-corrected chi connectivity index (χ1v) is 13.2. The molecule has 2 heterocycles. The zero-order chi connectivity index (χ0) is 32.6. The number of carboxylic acids is 2. The number of aryl methyl sites for hydroxylation is 2. The number of carbonyl (C=O) groups excluding carboxylic acids is 2. The van der Waals surface area contributed by atoms with E-state index in [-0.39, 0.29) is 30.7 Å². The van der Waals surface area contributed by atoms with Crippen LogP contribution in [0.2, 0.25) is 0 Å². The molecule has 1 aliphatic heterocycles. The number of alkyl halides is 3. The van der Waals surface area contributed by atoms with Crippen molar-refractivity contribution in [1.82, 2.24) is 14.9 Å². The zero-order valence-electron chi connectivity index (χ0n) is 23.7. The maximum atomic E-state index is 13.6. The second-order valence-electron chi connectivity index (χ2n) is 9.76. The number of amides is 2. The standard InChI is InChI=1S/C27H29N5O5.C2HF3O2/c1-17-13-23(30-27(28)29-17)37-12-6-7-19-10-11-22-21(15-19)26(36)31(18(2)14-25(34)35)16-24(33)32(22)20-8-4-3-5-9-20;3-2(4,5)1(6)7/h3-5,8-11,13,15,18H,6-7,12,14,16H2,1-2H3,(H,34,35)(H2,28,29,30);(H,6,7). The number of fused-ring (bicyclic) bond motifs is 1. The van der Waals surface area contributed by atoms with Crippen LogP contribution in [-0.4, -0.2) is 74.2 Å². The van der Waals surface area contributed by atoms with Crippen molar-refractivity contribution in [2.45, 2.75) is 45.3 Å². The molecule has 0 spiro atoms. The number of nitrogens with two attached hydrogens (primary N) is 1. The van der Waals surface area contributed by atoms with E-state index in [0.717, 1.165) is 5.56 Å². The summed E-state index contributed by atoms with van der Waals surface area (Å²) in [4.78, 5) is 58.1. The molecule has 0 saturated carbocycles. The highest BCUT2D eigenvalue weighted by Gasteiger charge is 2.38. The Kier molecular flexibility index (Phi) is 10.8. The van der Waals surface area contributed by atoms with Crippen LogP contribution in [0.15, 0.2) is 54.6 Å². The first kappa shape index (κ1) is 33.3. The molecule has 4 rings (SSSR count). The van der Waals surface area contributed by atoms with Crippen LogP contribution in [0.3, 0.4) is 0 Å². The molecule has 2 aromatic carbocycles. The van der Waals surface area contributed by atoms with E-state index in [1.807, 2.05) is 31.2 Å². The molecule has 0 bridgehead atoms. The molecule has 0 radical (unpaired) electrons. The van der Waals surface area contributed by atoms with E-state index in [2.05, 4.69) is 9.97 Å². The minimum Gasteiger partial charge on any atom is -0.481 e. The largest absolute Gasteiger partial charge is 0.490 e. The maximum absolute atomic E-state index is 13.6. The lowest BCUT2D eigenvalue weighted by Gasteiger charge is -2.26. The minimum absolute atomic E-state index is 0.151. The fourth-order valence-electron chi connectivity index (χ4n) is 4.35. The quantitative estimate of drug-likeness (QED) is 0.298. The molecule has 0 aliphatic carbocycles. The van der Waals surface area contributed by atoms with Gasteiger partial charge in [0.25, 0.3) is 11.8 Å². The second kappa shape index (κ2) is 14.3. The number of benzene rings is 2. The number of nitrogens with zero attached hydrogens (tertiary/aromatic N) is 4. The van der Waals surface area contributed by atoms with Crippen molar-refractivity contribution in [2.75, 3.05) is 23.8 Å². The Morgan fingerprint density at radius 3 is 2.32 bits per heavy atom. The van der Waals surface area contributed by atoms with E-state index in [0.29, 0.717) is 48.0 Å². The summed E-state index contributed by atoms with van der Waals surface area (Å²) in [5, 5.41) is 16.4. The van der Waals surface area contributed by atoms with Crippen molar-refractivity contribution in [1.29, 1.82) is 0 Å². The Morgan fingerprint density at radius 1 is 1.07 bits per heavy atom. The molecule has 3 aromatic rings. The fraction of sp³-hybridized carbons (Fsp3) is 0.310. The third kappa shape index (κ3) is 8.89. The number of carboxylic acid groups (broad SMARTS) is 2. The number of halogens is 3. The number of nitrogen functional groups attached to an aromatic ring is 1. The Hall–Kier alpha value is -5.21. The van der Waals surface area contributed by atoms with Crippen LogP contribution in [0.25, 0.3) is 0 Å². The van der Waals surface area contributed by atoms with E-state index < -0.39 is 24.2 Å². The van der Waals surface area contributed by atoms with Gasteiger partial charge in [-0.1, -0.05) is 24.3 Å². The summed E-state index contributed by atoms with van der Waals surface area (Å²) in [6.07, 6.45) is -4.08. The molecule has 1 unspecified atom stereocenters. The topological polar surface area (TPSA) is 176 Å². The van der Waals surface area contributed by atoms with Crippen LogP contribution in [0.1, 0.15) is 41.4 Å². The third-order valence-electron chi connectivity index (χ3n) is 6.31. The van der Waals surface area contributed by atoms with Crippen molar-refractivity contribution in [3.63, 3.8) is 0 Å². The molecule has 4 N–H and O–H groups in total.